The summed E-state index contributed by atoms with van der Waals surface area (Å²) in [6.07, 6.45) is 5.03. The van der Waals surface area contributed by atoms with Gasteiger partial charge in [0.25, 0.3) is 5.91 Å². The zero-order valence-corrected chi connectivity index (χ0v) is 27.9. The Bertz CT molecular complexity index is 1480. The average Bonchev–Trinajstić information content (AvgIpc) is 3.06. The van der Waals surface area contributed by atoms with E-state index in [1.54, 1.807) is 45.0 Å². The van der Waals surface area contributed by atoms with Gasteiger partial charge in [0.05, 0.1) is 18.4 Å². The largest absolute Gasteiger partial charge is 0.467 e. The number of benzene rings is 3. The minimum absolute atomic E-state index is 0.0146. The summed E-state index contributed by atoms with van der Waals surface area (Å²) in [6, 6.07) is 23.4. The van der Waals surface area contributed by atoms with Crippen LogP contribution in [0.25, 0.3) is 0 Å². The summed E-state index contributed by atoms with van der Waals surface area (Å²) in [7, 11) is 1.28. The van der Waals surface area contributed by atoms with Crippen molar-refractivity contribution < 1.29 is 28.7 Å². The van der Waals surface area contributed by atoms with Gasteiger partial charge in [-0.05, 0) is 69.7 Å². The number of rotatable bonds is 12. The van der Waals surface area contributed by atoms with Gasteiger partial charge in [0.1, 0.15) is 17.7 Å². The molecule has 0 bridgehead atoms. The van der Waals surface area contributed by atoms with Crippen LogP contribution in [0.4, 0.5) is 10.5 Å². The number of carbonyl (C=O) groups is 4. The number of carbonyl (C=O) groups excluding carboxylic acids is 4. The molecule has 1 aliphatic carbocycles. The summed E-state index contributed by atoms with van der Waals surface area (Å²) in [6.45, 7) is 5.24. The van der Waals surface area contributed by atoms with Gasteiger partial charge in [0, 0.05) is 12.5 Å². The molecule has 3 aromatic rings. The van der Waals surface area contributed by atoms with E-state index in [9.17, 15) is 19.2 Å². The fraction of sp³-hybridized carbons (Fsp3) is 0.421. The summed E-state index contributed by atoms with van der Waals surface area (Å²) in [5.41, 5.74) is 1.36. The Hall–Kier alpha value is -4.66. The lowest BCUT2D eigenvalue weighted by molar-refractivity contribution is -0.147. The number of amides is 3. The van der Waals surface area contributed by atoms with Gasteiger partial charge in [-0.1, -0.05) is 92.1 Å². The Labute approximate surface area is 278 Å². The molecule has 47 heavy (non-hydrogen) atoms. The molecular formula is C38H47N3O6. The van der Waals surface area contributed by atoms with Crippen LogP contribution < -0.4 is 10.6 Å². The van der Waals surface area contributed by atoms with E-state index in [1.807, 2.05) is 60.7 Å². The quantitative estimate of drug-likeness (QED) is 0.213. The van der Waals surface area contributed by atoms with Gasteiger partial charge >= 0.3 is 12.1 Å². The molecule has 9 nitrogen and oxygen atoms in total. The van der Waals surface area contributed by atoms with Crippen LogP contribution >= 0.6 is 0 Å². The first kappa shape index (κ1) is 35.2. The van der Waals surface area contributed by atoms with Crippen LogP contribution in [-0.4, -0.2) is 59.6 Å². The van der Waals surface area contributed by atoms with Crippen LogP contribution in [0, 0.1) is 0 Å². The average molecular weight is 642 g/mol. The van der Waals surface area contributed by atoms with E-state index in [0.717, 1.165) is 43.2 Å². The van der Waals surface area contributed by atoms with E-state index in [4.69, 9.17) is 9.47 Å². The van der Waals surface area contributed by atoms with Crippen LogP contribution in [0.15, 0.2) is 84.9 Å². The maximum absolute atomic E-state index is 14.9. The lowest BCUT2D eigenvalue weighted by atomic mass is 9.93. The zero-order chi connectivity index (χ0) is 33.8. The third-order valence-corrected chi connectivity index (χ3v) is 8.25. The fourth-order valence-corrected chi connectivity index (χ4v) is 5.99. The molecule has 2 unspecified atom stereocenters. The van der Waals surface area contributed by atoms with Gasteiger partial charge in [-0.2, -0.15) is 0 Å². The molecule has 1 aliphatic rings. The van der Waals surface area contributed by atoms with Gasteiger partial charge in [0.15, 0.2) is 0 Å². The number of aryl methyl sites for hydroxylation is 1. The molecule has 0 radical (unpaired) electrons. The second kappa shape index (κ2) is 16.8. The standard InChI is InChI=1S/C38H47N3O6/c1-38(2,3)47-37(45)40-31-23-15-14-22-30(31)35(43)41(33(36(44)46-4)26-28-18-10-6-11-19-28)32(25-24-27-16-8-5-9-17-27)34(42)39-29-20-12-7-13-21-29/h5-6,8-11,14-19,22-23,29,32-33H,7,12-13,20-21,24-26H2,1-4H3,(H,39,42)(H,40,45). The molecule has 0 heterocycles. The molecule has 2 N–H and O–H groups in total. The number of hydrogen-bond donors (Lipinski definition) is 2. The van der Waals surface area contributed by atoms with E-state index in [2.05, 4.69) is 10.6 Å². The Morgan fingerprint density at radius 3 is 2.02 bits per heavy atom. The van der Waals surface area contributed by atoms with Crippen molar-refractivity contribution in [2.45, 2.75) is 95.9 Å². The van der Waals surface area contributed by atoms with Crippen molar-refractivity contribution in [3.8, 4) is 0 Å². The van der Waals surface area contributed by atoms with E-state index >= 15 is 0 Å². The molecule has 9 heteroatoms. The summed E-state index contributed by atoms with van der Waals surface area (Å²) >= 11 is 0. The maximum atomic E-state index is 14.9. The molecule has 2 atom stereocenters. The molecule has 250 valence electrons. The van der Waals surface area contributed by atoms with Gasteiger partial charge in [0.2, 0.25) is 5.91 Å². The van der Waals surface area contributed by atoms with Crippen molar-refractivity contribution >= 4 is 29.6 Å². The molecule has 1 saturated carbocycles. The zero-order valence-electron chi connectivity index (χ0n) is 27.9. The molecule has 3 amide bonds. The highest BCUT2D eigenvalue weighted by Gasteiger charge is 2.41. The Morgan fingerprint density at radius 1 is 0.809 bits per heavy atom. The number of hydrogen-bond acceptors (Lipinski definition) is 6. The van der Waals surface area contributed by atoms with E-state index in [-0.39, 0.29) is 36.0 Å². The number of nitrogens with zero attached hydrogens (tertiary/aromatic N) is 1. The second-order valence-corrected chi connectivity index (χ2v) is 13.0. The topological polar surface area (TPSA) is 114 Å². The summed E-state index contributed by atoms with van der Waals surface area (Å²) in [5.74, 6) is -1.55. The molecule has 0 saturated heterocycles. The van der Waals surface area contributed by atoms with Crippen LogP contribution in [0.2, 0.25) is 0 Å². The highest BCUT2D eigenvalue weighted by Crippen LogP contribution is 2.26. The molecule has 0 aromatic heterocycles. The smallest absolute Gasteiger partial charge is 0.412 e. The first-order valence-corrected chi connectivity index (χ1v) is 16.4. The fourth-order valence-electron chi connectivity index (χ4n) is 5.99. The molecule has 0 spiro atoms. The molecule has 3 aromatic carbocycles. The highest BCUT2D eigenvalue weighted by molar-refractivity contribution is 6.05. The normalized spacial score (nSPS) is 14.7. The van der Waals surface area contributed by atoms with Crippen molar-refractivity contribution in [2.75, 3.05) is 12.4 Å². The summed E-state index contributed by atoms with van der Waals surface area (Å²) in [5, 5.41) is 5.92. The van der Waals surface area contributed by atoms with Crippen LogP contribution in [0.5, 0.6) is 0 Å². The number of esters is 1. The molecule has 1 fully saturated rings. The van der Waals surface area contributed by atoms with Crippen molar-refractivity contribution in [3.05, 3.63) is 102 Å². The Balaban J connectivity index is 1.80. The number of ether oxygens (including phenoxy) is 2. The first-order chi connectivity index (χ1) is 22.6. The van der Waals surface area contributed by atoms with Crippen molar-refractivity contribution in [3.63, 3.8) is 0 Å². The summed E-state index contributed by atoms with van der Waals surface area (Å²) < 4.78 is 10.8. The number of nitrogens with one attached hydrogen (secondary N) is 2. The van der Waals surface area contributed by atoms with Crippen LogP contribution in [0.3, 0.4) is 0 Å². The SMILES string of the molecule is COC(=O)C(Cc1ccccc1)N(C(=O)c1ccccc1NC(=O)OC(C)(C)C)C(CCc1ccccc1)C(=O)NC1CCCCC1. The molecule has 0 aliphatic heterocycles. The third kappa shape index (κ3) is 10.4. The number of para-hydroxylation sites is 1. The minimum atomic E-state index is -1.14. The summed E-state index contributed by atoms with van der Waals surface area (Å²) in [4.78, 5) is 57.1. The van der Waals surface area contributed by atoms with E-state index in [0.29, 0.717) is 6.42 Å². The predicted octanol–water partition coefficient (Wildman–Crippen LogP) is 6.71. The first-order valence-electron chi connectivity index (χ1n) is 16.4. The van der Waals surface area contributed by atoms with Crippen molar-refractivity contribution in [2.24, 2.45) is 0 Å². The van der Waals surface area contributed by atoms with E-state index < -0.39 is 35.7 Å². The minimum Gasteiger partial charge on any atom is -0.467 e. The van der Waals surface area contributed by atoms with Crippen molar-refractivity contribution in [1.29, 1.82) is 0 Å². The van der Waals surface area contributed by atoms with Crippen molar-refractivity contribution in [1.82, 2.24) is 10.2 Å². The Kier molecular flexibility index (Phi) is 12.6. The number of methoxy groups -OCH3 is 1. The lowest BCUT2D eigenvalue weighted by Crippen LogP contribution is -2.58. The van der Waals surface area contributed by atoms with Crippen LogP contribution in [0.1, 0.15) is 80.8 Å². The molecular weight excluding hydrogens is 594 g/mol. The Morgan fingerprint density at radius 2 is 1.40 bits per heavy atom. The lowest BCUT2D eigenvalue weighted by Gasteiger charge is -2.37. The number of anilines is 1. The maximum Gasteiger partial charge on any atom is 0.412 e. The monoisotopic (exact) mass is 641 g/mol. The van der Waals surface area contributed by atoms with Crippen LogP contribution in [-0.2, 0) is 31.9 Å². The van der Waals surface area contributed by atoms with Gasteiger partial charge in [-0.25, -0.2) is 9.59 Å². The van der Waals surface area contributed by atoms with E-state index in [1.165, 1.54) is 12.0 Å². The van der Waals surface area contributed by atoms with Gasteiger partial charge < -0.3 is 19.7 Å². The predicted molar refractivity (Wildman–Crippen MR) is 182 cm³/mol. The van der Waals surface area contributed by atoms with Gasteiger partial charge in [-0.3, -0.25) is 14.9 Å². The second-order valence-electron chi connectivity index (χ2n) is 13.0. The van der Waals surface area contributed by atoms with Gasteiger partial charge in [-0.15, -0.1) is 0 Å². The third-order valence-electron chi connectivity index (χ3n) is 8.25. The molecule has 4 rings (SSSR count). The highest BCUT2D eigenvalue weighted by atomic mass is 16.6.